The smallest absolute Gasteiger partial charge is 0.248 e. The number of rotatable bonds is 7. The molecule has 3 heterocycles. The maximum absolute atomic E-state index is 14.6. The second kappa shape index (κ2) is 10.1. The Bertz CT molecular complexity index is 1640. The maximum Gasteiger partial charge on any atom is 0.248 e. The monoisotopic (exact) mass is 546 g/mol. The van der Waals surface area contributed by atoms with Crippen molar-refractivity contribution in [2.45, 2.75) is 30.4 Å². The van der Waals surface area contributed by atoms with E-state index in [1.54, 1.807) is 49.0 Å². The number of methoxy groups -OCH3 is 2. The topological polar surface area (TPSA) is 82.4 Å². The van der Waals surface area contributed by atoms with Crippen molar-refractivity contribution in [3.63, 3.8) is 0 Å². The number of quaternary nitrogens is 1. The van der Waals surface area contributed by atoms with E-state index in [1.165, 1.54) is 16.0 Å². The lowest BCUT2D eigenvalue weighted by molar-refractivity contribution is -0.953. The van der Waals surface area contributed by atoms with Crippen LogP contribution in [0.4, 0.5) is 0 Å². The molecule has 0 radical (unpaired) electrons. The summed E-state index contributed by atoms with van der Waals surface area (Å²) < 4.78 is 47.8. The van der Waals surface area contributed by atoms with Gasteiger partial charge in [-0.05, 0) is 55.0 Å². The first-order valence-electron chi connectivity index (χ1n) is 13.2. The summed E-state index contributed by atoms with van der Waals surface area (Å²) in [4.78, 5) is 5.87. The third-order valence-electron chi connectivity index (χ3n) is 7.87. The van der Waals surface area contributed by atoms with Gasteiger partial charge < -0.3 is 19.1 Å². The highest BCUT2D eigenvalue weighted by molar-refractivity contribution is 7.89. The van der Waals surface area contributed by atoms with Crippen LogP contribution < -0.4 is 19.1 Å². The van der Waals surface area contributed by atoms with Crippen molar-refractivity contribution in [1.29, 1.82) is 0 Å². The van der Waals surface area contributed by atoms with Crippen LogP contribution in [0, 0.1) is 0 Å². The van der Waals surface area contributed by atoms with Gasteiger partial charge >= 0.3 is 0 Å². The average molecular weight is 547 g/mol. The summed E-state index contributed by atoms with van der Waals surface area (Å²) >= 11 is 0. The Morgan fingerprint density at radius 2 is 1.77 bits per heavy atom. The van der Waals surface area contributed by atoms with Gasteiger partial charge in [0.15, 0.2) is 17.7 Å². The molecular formula is C30H32N3O5S+. The number of hydrogen-bond donors (Lipinski definition) is 1. The number of ether oxygens (including phenoxy) is 3. The Morgan fingerprint density at radius 1 is 0.974 bits per heavy atom. The van der Waals surface area contributed by atoms with E-state index in [0.29, 0.717) is 41.3 Å². The molecule has 2 aliphatic heterocycles. The zero-order valence-corrected chi connectivity index (χ0v) is 23.1. The van der Waals surface area contributed by atoms with Crippen LogP contribution in [-0.2, 0) is 16.4 Å². The second-order valence-corrected chi connectivity index (χ2v) is 11.7. The molecule has 1 saturated heterocycles. The number of nitrogens with zero attached hydrogens (tertiary/aromatic N) is 2. The molecule has 4 aromatic rings. The molecule has 39 heavy (non-hydrogen) atoms. The number of fused-ring (bicyclic) bond motifs is 4. The lowest BCUT2D eigenvalue weighted by Crippen LogP contribution is -3.12. The molecule has 0 bridgehead atoms. The van der Waals surface area contributed by atoms with Crippen molar-refractivity contribution in [3.8, 4) is 17.2 Å². The summed E-state index contributed by atoms with van der Waals surface area (Å²) in [7, 11) is -0.776. The molecule has 0 saturated carbocycles. The van der Waals surface area contributed by atoms with Gasteiger partial charge in [-0.3, -0.25) is 4.98 Å². The molecule has 1 N–H and O–H groups in total. The third-order valence-corrected chi connectivity index (χ3v) is 9.75. The predicted molar refractivity (Wildman–Crippen MR) is 148 cm³/mol. The van der Waals surface area contributed by atoms with Crippen LogP contribution in [0.15, 0.2) is 77.8 Å². The molecule has 0 spiro atoms. The van der Waals surface area contributed by atoms with Crippen molar-refractivity contribution < 1.29 is 27.5 Å². The highest BCUT2D eigenvalue weighted by atomic mass is 32.2. The van der Waals surface area contributed by atoms with Crippen molar-refractivity contribution in [2.24, 2.45) is 0 Å². The molecule has 3 atom stereocenters. The first kappa shape index (κ1) is 25.6. The summed E-state index contributed by atoms with van der Waals surface area (Å²) in [6, 6.07) is 21.0. The Hall–Kier alpha value is -3.66. The van der Waals surface area contributed by atoms with E-state index < -0.39 is 16.2 Å². The zero-order chi connectivity index (χ0) is 27.1. The number of hydrogen-bond acceptors (Lipinski definition) is 6. The summed E-state index contributed by atoms with van der Waals surface area (Å²) in [5, 5.41) is 0.542. The quantitative estimate of drug-likeness (QED) is 0.382. The fraction of sp³-hybridized carbons (Fsp3) is 0.300. The van der Waals surface area contributed by atoms with Crippen LogP contribution >= 0.6 is 0 Å². The highest BCUT2D eigenvalue weighted by Gasteiger charge is 2.52. The molecule has 1 unspecified atom stereocenters. The van der Waals surface area contributed by atoms with Gasteiger partial charge in [0, 0.05) is 29.1 Å². The summed E-state index contributed by atoms with van der Waals surface area (Å²) in [5.41, 5.74) is 3.89. The molecule has 0 amide bonds. The Morgan fingerprint density at radius 3 is 2.56 bits per heavy atom. The van der Waals surface area contributed by atoms with E-state index in [4.69, 9.17) is 14.2 Å². The van der Waals surface area contributed by atoms with Crippen LogP contribution in [0.5, 0.6) is 17.2 Å². The molecular weight excluding hydrogens is 514 g/mol. The van der Waals surface area contributed by atoms with Gasteiger partial charge in [0.05, 0.1) is 38.8 Å². The number of nitrogens with one attached hydrogen (secondary N) is 1. The first-order valence-corrected chi connectivity index (χ1v) is 14.6. The van der Waals surface area contributed by atoms with E-state index in [-0.39, 0.29) is 10.9 Å². The van der Waals surface area contributed by atoms with Gasteiger partial charge in [-0.1, -0.05) is 24.3 Å². The Balaban J connectivity index is 1.53. The average Bonchev–Trinajstić information content (AvgIpc) is 3.38. The van der Waals surface area contributed by atoms with Gasteiger partial charge in [-0.2, -0.15) is 0 Å². The number of sulfonamides is 1. The standard InChI is InChI=1S/C30H31N3O5S/c1-4-38-27-18-21(11-12-25(27)36-2)30-32-17-15-20-8-5-6-9-22(20)24(32)19-33(30)39(34,35)28-14-13-26(37-3)29-23(28)10-7-16-31-29/h5-14,16,18,24,30H,4,15,17,19H2,1-3H3/p+1/t24-,30-/m0/s1. The second-order valence-electron chi connectivity index (χ2n) is 9.81. The molecule has 6 rings (SSSR count). The largest absolute Gasteiger partial charge is 0.494 e. The lowest BCUT2D eigenvalue weighted by atomic mass is 9.93. The molecule has 9 heteroatoms. The van der Waals surface area contributed by atoms with E-state index in [2.05, 4.69) is 23.2 Å². The molecule has 202 valence electrons. The third kappa shape index (κ3) is 4.21. The van der Waals surface area contributed by atoms with Crippen molar-refractivity contribution >= 4 is 20.9 Å². The summed E-state index contributed by atoms with van der Waals surface area (Å²) in [6.07, 6.45) is 2.09. The van der Waals surface area contributed by atoms with E-state index in [9.17, 15) is 8.42 Å². The molecule has 8 nitrogen and oxygen atoms in total. The summed E-state index contributed by atoms with van der Waals surface area (Å²) in [5.74, 6) is 1.76. The van der Waals surface area contributed by atoms with Gasteiger partial charge in [-0.25, -0.2) is 8.42 Å². The van der Waals surface area contributed by atoms with Gasteiger partial charge in [-0.15, -0.1) is 4.31 Å². The fourth-order valence-electron chi connectivity index (χ4n) is 6.15. The van der Waals surface area contributed by atoms with Gasteiger partial charge in [0.25, 0.3) is 0 Å². The van der Waals surface area contributed by atoms with Gasteiger partial charge in [0.1, 0.15) is 17.3 Å². The van der Waals surface area contributed by atoms with Crippen LogP contribution in [-0.4, -0.2) is 51.6 Å². The van der Waals surface area contributed by atoms with E-state index in [0.717, 1.165) is 18.5 Å². The lowest BCUT2D eigenvalue weighted by Gasteiger charge is -2.33. The minimum Gasteiger partial charge on any atom is -0.494 e. The van der Waals surface area contributed by atoms with Crippen LogP contribution in [0.3, 0.4) is 0 Å². The summed E-state index contributed by atoms with van der Waals surface area (Å²) in [6.45, 7) is 3.58. The van der Waals surface area contributed by atoms with Crippen molar-refractivity contribution in [1.82, 2.24) is 9.29 Å². The number of benzene rings is 3. The minimum absolute atomic E-state index is 0.00927. The SMILES string of the molecule is CCOc1cc([C@@H]2N(S(=O)(=O)c3ccc(OC)c4ncccc34)C[C@H]3c4ccccc4CC[NH+]23)ccc1OC. The van der Waals surface area contributed by atoms with E-state index in [1.807, 2.05) is 31.2 Å². The van der Waals surface area contributed by atoms with Crippen LogP contribution in [0.2, 0.25) is 0 Å². The predicted octanol–water partition coefficient (Wildman–Crippen LogP) is 3.54. The van der Waals surface area contributed by atoms with Crippen molar-refractivity contribution in [2.75, 3.05) is 33.9 Å². The van der Waals surface area contributed by atoms with Crippen LogP contribution in [0.1, 0.15) is 35.8 Å². The minimum atomic E-state index is -3.94. The molecule has 3 aromatic carbocycles. The molecule has 1 fully saturated rings. The van der Waals surface area contributed by atoms with E-state index >= 15 is 0 Å². The number of aromatic nitrogens is 1. The molecule has 1 aromatic heterocycles. The molecule has 2 aliphatic rings. The first-order chi connectivity index (χ1) is 19.0. The maximum atomic E-state index is 14.6. The fourth-order valence-corrected chi connectivity index (χ4v) is 7.97. The Kier molecular flexibility index (Phi) is 6.66. The normalized spacial score (nSPS) is 20.8. The zero-order valence-electron chi connectivity index (χ0n) is 22.3. The van der Waals surface area contributed by atoms with Crippen molar-refractivity contribution in [3.05, 3.63) is 89.6 Å². The van der Waals surface area contributed by atoms with Crippen LogP contribution in [0.25, 0.3) is 10.9 Å². The molecule has 0 aliphatic carbocycles. The number of pyridine rings is 1. The Labute approximate surface area is 228 Å². The highest BCUT2D eigenvalue weighted by Crippen LogP contribution is 2.40. The van der Waals surface area contributed by atoms with Gasteiger partial charge in [0.2, 0.25) is 10.0 Å².